The van der Waals surface area contributed by atoms with E-state index in [9.17, 15) is 13.2 Å². The van der Waals surface area contributed by atoms with Crippen LogP contribution in [0, 0.1) is 0 Å². The smallest absolute Gasteiger partial charge is 0.235 e. The lowest BCUT2D eigenvalue weighted by molar-refractivity contribution is -0.121. The van der Waals surface area contributed by atoms with E-state index < -0.39 is 10.0 Å². The summed E-state index contributed by atoms with van der Waals surface area (Å²) in [4.78, 5) is 12.1. The predicted octanol–water partition coefficient (Wildman–Crippen LogP) is 2.24. The Labute approximate surface area is 156 Å². The molecular weight excluding hydrogens is 348 g/mol. The van der Waals surface area contributed by atoms with E-state index in [2.05, 4.69) is 5.32 Å². The minimum absolute atomic E-state index is 0.136. The molecule has 0 atom stereocenters. The number of nitrogens with one attached hydrogen (secondary N) is 1. The molecule has 2 aromatic carbocycles. The molecule has 140 valence electrons. The fraction of sp³-hybridized carbons (Fsp3) is 0.350. The molecule has 0 aromatic heterocycles. The maximum absolute atomic E-state index is 12.1. The Morgan fingerprint density at radius 1 is 0.923 bits per heavy atom. The molecule has 6 heteroatoms. The summed E-state index contributed by atoms with van der Waals surface area (Å²) >= 11 is 0. The maximum Gasteiger partial charge on any atom is 0.235 e. The Morgan fingerprint density at radius 3 is 2.00 bits per heavy atom. The first kappa shape index (κ1) is 20.1. The quantitative estimate of drug-likeness (QED) is 0.694. The molecule has 0 radical (unpaired) electrons. The second-order valence-corrected chi connectivity index (χ2v) is 8.25. The van der Waals surface area contributed by atoms with Crippen LogP contribution in [-0.4, -0.2) is 44.5 Å². The molecule has 0 bridgehead atoms. The van der Waals surface area contributed by atoms with Gasteiger partial charge in [-0.05, 0) is 30.4 Å². The normalized spacial score (nSPS) is 11.5. The van der Waals surface area contributed by atoms with E-state index in [4.69, 9.17) is 0 Å². The van der Waals surface area contributed by atoms with Crippen molar-refractivity contribution in [2.45, 2.75) is 19.3 Å². The van der Waals surface area contributed by atoms with Gasteiger partial charge in [0.15, 0.2) is 0 Å². The van der Waals surface area contributed by atoms with Crippen LogP contribution in [0.25, 0.3) is 0 Å². The van der Waals surface area contributed by atoms with Crippen molar-refractivity contribution >= 4 is 15.9 Å². The molecule has 0 aliphatic heterocycles. The number of nitrogens with zero attached hydrogens (tertiary/aromatic N) is 1. The highest BCUT2D eigenvalue weighted by Crippen LogP contribution is 2.06. The van der Waals surface area contributed by atoms with Gasteiger partial charge in [-0.15, -0.1) is 0 Å². The van der Waals surface area contributed by atoms with Crippen LogP contribution in [0.5, 0.6) is 0 Å². The van der Waals surface area contributed by atoms with E-state index in [0.29, 0.717) is 19.5 Å². The standard InChI is InChI=1S/C20H26N2O3S/c1-26(24,25)22(16-8-13-18-9-4-2-5-10-18)17-20(23)21-15-14-19-11-6-3-7-12-19/h2-7,9-12H,8,13-17H2,1H3,(H,21,23). The van der Waals surface area contributed by atoms with Gasteiger partial charge in [0.25, 0.3) is 0 Å². The van der Waals surface area contributed by atoms with Crippen LogP contribution in [0.4, 0.5) is 0 Å². The molecule has 0 heterocycles. The predicted molar refractivity (Wildman–Crippen MR) is 104 cm³/mol. The third-order valence-corrected chi connectivity index (χ3v) is 5.33. The second kappa shape index (κ2) is 10.1. The number of sulfonamides is 1. The molecule has 0 saturated carbocycles. The third-order valence-electron chi connectivity index (χ3n) is 4.08. The number of rotatable bonds is 10. The molecule has 0 aliphatic rings. The molecule has 1 N–H and O–H groups in total. The molecule has 2 aromatic rings. The van der Waals surface area contributed by atoms with Crippen molar-refractivity contribution in [1.29, 1.82) is 0 Å². The fourth-order valence-corrected chi connectivity index (χ4v) is 3.49. The summed E-state index contributed by atoms with van der Waals surface area (Å²) in [6.07, 6.45) is 3.32. The summed E-state index contributed by atoms with van der Waals surface area (Å²) in [5.74, 6) is -0.272. The van der Waals surface area contributed by atoms with Gasteiger partial charge in [-0.1, -0.05) is 60.7 Å². The lowest BCUT2D eigenvalue weighted by Crippen LogP contribution is -2.41. The minimum atomic E-state index is -3.42. The van der Waals surface area contributed by atoms with Gasteiger partial charge in [-0.2, -0.15) is 4.31 Å². The Hall–Kier alpha value is -2.18. The van der Waals surface area contributed by atoms with Crippen molar-refractivity contribution in [2.75, 3.05) is 25.9 Å². The van der Waals surface area contributed by atoms with E-state index in [0.717, 1.165) is 30.2 Å². The largest absolute Gasteiger partial charge is 0.355 e. The molecule has 2 rings (SSSR count). The summed E-state index contributed by atoms with van der Waals surface area (Å²) in [6, 6.07) is 19.8. The van der Waals surface area contributed by atoms with Crippen LogP contribution in [0.15, 0.2) is 60.7 Å². The lowest BCUT2D eigenvalue weighted by atomic mass is 10.1. The van der Waals surface area contributed by atoms with E-state index in [1.54, 1.807) is 0 Å². The van der Waals surface area contributed by atoms with Gasteiger partial charge in [0, 0.05) is 13.1 Å². The number of hydrogen-bond acceptors (Lipinski definition) is 3. The van der Waals surface area contributed by atoms with Gasteiger partial charge in [-0.25, -0.2) is 8.42 Å². The topological polar surface area (TPSA) is 66.5 Å². The van der Waals surface area contributed by atoms with Crippen molar-refractivity contribution in [3.63, 3.8) is 0 Å². The first-order valence-electron chi connectivity index (χ1n) is 8.75. The Balaban J connectivity index is 1.78. The van der Waals surface area contributed by atoms with Crippen molar-refractivity contribution in [1.82, 2.24) is 9.62 Å². The number of hydrogen-bond donors (Lipinski definition) is 1. The third kappa shape index (κ3) is 7.37. The van der Waals surface area contributed by atoms with Gasteiger partial charge in [-0.3, -0.25) is 4.79 Å². The molecule has 5 nitrogen and oxygen atoms in total. The highest BCUT2D eigenvalue weighted by Gasteiger charge is 2.19. The molecule has 1 amide bonds. The van der Waals surface area contributed by atoms with Crippen LogP contribution in [0.1, 0.15) is 17.5 Å². The maximum atomic E-state index is 12.1. The van der Waals surface area contributed by atoms with Gasteiger partial charge < -0.3 is 5.32 Å². The number of amides is 1. The number of carbonyl (C=O) groups excluding carboxylic acids is 1. The summed E-state index contributed by atoms with van der Waals surface area (Å²) in [6.45, 7) is 0.687. The zero-order valence-corrected chi connectivity index (χ0v) is 15.9. The zero-order chi connectivity index (χ0) is 18.8. The van der Waals surface area contributed by atoms with Gasteiger partial charge in [0.1, 0.15) is 0 Å². The SMILES string of the molecule is CS(=O)(=O)N(CCCc1ccccc1)CC(=O)NCCc1ccccc1. The lowest BCUT2D eigenvalue weighted by Gasteiger charge is -2.19. The summed E-state index contributed by atoms with van der Waals surface area (Å²) < 4.78 is 25.1. The number of benzene rings is 2. The molecule has 26 heavy (non-hydrogen) atoms. The number of carbonyl (C=O) groups is 1. The summed E-state index contributed by atoms with van der Waals surface area (Å²) in [5.41, 5.74) is 2.30. The van der Waals surface area contributed by atoms with Gasteiger partial charge >= 0.3 is 0 Å². The zero-order valence-electron chi connectivity index (χ0n) is 15.1. The van der Waals surface area contributed by atoms with E-state index in [1.807, 2.05) is 60.7 Å². The van der Waals surface area contributed by atoms with Crippen molar-refractivity contribution in [2.24, 2.45) is 0 Å². The van der Waals surface area contributed by atoms with Crippen molar-refractivity contribution in [3.8, 4) is 0 Å². The molecule has 0 saturated heterocycles. The Bertz CT molecular complexity index is 777. The van der Waals surface area contributed by atoms with Crippen molar-refractivity contribution in [3.05, 3.63) is 71.8 Å². The monoisotopic (exact) mass is 374 g/mol. The van der Waals surface area contributed by atoms with E-state index in [1.165, 1.54) is 4.31 Å². The van der Waals surface area contributed by atoms with Crippen LogP contribution in [0.2, 0.25) is 0 Å². The van der Waals surface area contributed by atoms with Crippen LogP contribution in [-0.2, 0) is 27.7 Å². The van der Waals surface area contributed by atoms with Crippen molar-refractivity contribution < 1.29 is 13.2 Å². The second-order valence-electron chi connectivity index (χ2n) is 6.27. The van der Waals surface area contributed by atoms with Crippen LogP contribution < -0.4 is 5.32 Å². The highest BCUT2D eigenvalue weighted by molar-refractivity contribution is 7.88. The molecule has 0 aliphatic carbocycles. The average molecular weight is 375 g/mol. The summed E-state index contributed by atoms with van der Waals surface area (Å²) in [7, 11) is -3.42. The Kier molecular flexibility index (Phi) is 7.81. The average Bonchev–Trinajstić information content (AvgIpc) is 2.62. The minimum Gasteiger partial charge on any atom is -0.355 e. The first-order valence-corrected chi connectivity index (χ1v) is 10.6. The molecule has 0 spiro atoms. The summed E-state index contributed by atoms with van der Waals surface area (Å²) in [5, 5.41) is 2.80. The van der Waals surface area contributed by atoms with Gasteiger partial charge in [0.05, 0.1) is 12.8 Å². The van der Waals surface area contributed by atoms with Crippen LogP contribution >= 0.6 is 0 Å². The molecule has 0 fully saturated rings. The van der Waals surface area contributed by atoms with Crippen LogP contribution in [0.3, 0.4) is 0 Å². The fourth-order valence-electron chi connectivity index (χ4n) is 2.67. The highest BCUT2D eigenvalue weighted by atomic mass is 32.2. The Morgan fingerprint density at radius 2 is 1.46 bits per heavy atom. The van der Waals surface area contributed by atoms with E-state index in [-0.39, 0.29) is 12.5 Å². The first-order chi connectivity index (χ1) is 12.4. The number of aryl methyl sites for hydroxylation is 1. The van der Waals surface area contributed by atoms with E-state index >= 15 is 0 Å². The molecule has 0 unspecified atom stereocenters. The molecular formula is C20H26N2O3S. The van der Waals surface area contributed by atoms with Gasteiger partial charge in [0.2, 0.25) is 15.9 Å².